The number of benzene rings is 4. The van der Waals surface area contributed by atoms with Crippen LogP contribution in [0.25, 0.3) is 89.3 Å². The van der Waals surface area contributed by atoms with Gasteiger partial charge >= 0.3 is 24.4 Å². The number of nitrogens with one attached hydrogen (secondary N) is 8. The van der Waals surface area contributed by atoms with Gasteiger partial charge in [0.05, 0.1) is 106 Å². The Balaban J connectivity index is 0.000000202. The number of aromatic nitrogens is 10. The summed E-state index contributed by atoms with van der Waals surface area (Å²) in [6, 6.07) is 23.0. The van der Waals surface area contributed by atoms with Gasteiger partial charge in [0.2, 0.25) is 23.6 Å². The molecule has 8 N–H and O–H groups in total. The SMILES string of the molecule is COC(=O)N[C@H](C(=O)N1CCC[C@H]1c1ncc(-c2ccc(-c3ccc(-c4cnc([C@@H]5CCCN5C(=O)[C@@H](NC(=O)OC)C(C)C)[nH]4)c4c3ccn4C)cc2)[nH]1)C(C)C.COC(=O)N[C@H](C(=O)N1CCC[C@H]1c1ncc(-c2ccc(-c3ccc(-c4cnc([C@@H]5CCCN5C(=O)[C@@H](NC(=O)OC)C(C)C)[nH]4)c4oc(C)nc34)cc2)[nH]1)C(C)C. The van der Waals surface area contributed by atoms with E-state index in [9.17, 15) is 38.4 Å². The third kappa shape index (κ3) is 16.9. The van der Waals surface area contributed by atoms with E-state index in [-0.39, 0.29) is 71.5 Å². The van der Waals surface area contributed by atoms with Crippen LogP contribution in [0.2, 0.25) is 0 Å². The molecule has 612 valence electrons. The molecule has 4 aliphatic heterocycles. The van der Waals surface area contributed by atoms with Gasteiger partial charge in [0, 0.05) is 68.4 Å². The lowest BCUT2D eigenvalue weighted by Crippen LogP contribution is -2.51. The van der Waals surface area contributed by atoms with Crippen molar-refractivity contribution in [3.05, 3.63) is 139 Å². The first-order valence-electron chi connectivity index (χ1n) is 39.8. The Bertz CT molecular complexity index is 5070. The summed E-state index contributed by atoms with van der Waals surface area (Å²) in [5, 5.41) is 11.9. The van der Waals surface area contributed by atoms with Crippen LogP contribution in [0, 0.1) is 30.6 Å². The Morgan fingerprint density at radius 2 is 0.707 bits per heavy atom. The number of aryl methyl sites for hydroxylation is 2. The molecule has 0 spiro atoms. The van der Waals surface area contributed by atoms with E-state index in [1.54, 1.807) is 22.2 Å². The lowest BCUT2D eigenvalue weighted by atomic mass is 9.97. The molecular formula is C85H104N18O13. The number of hydrogen-bond acceptors (Lipinski definition) is 18. The van der Waals surface area contributed by atoms with Crippen molar-refractivity contribution in [2.24, 2.45) is 30.7 Å². The van der Waals surface area contributed by atoms with Crippen molar-refractivity contribution >= 4 is 70.0 Å². The van der Waals surface area contributed by atoms with Crippen molar-refractivity contribution < 1.29 is 61.7 Å². The molecule has 116 heavy (non-hydrogen) atoms. The number of fused-ring (bicyclic) bond motifs is 2. The Labute approximate surface area is 672 Å². The van der Waals surface area contributed by atoms with Crippen LogP contribution >= 0.6 is 0 Å². The van der Waals surface area contributed by atoms with Crippen LogP contribution < -0.4 is 21.3 Å². The van der Waals surface area contributed by atoms with E-state index in [1.807, 2.05) is 128 Å². The molecule has 0 saturated carbocycles. The van der Waals surface area contributed by atoms with Crippen LogP contribution in [-0.2, 0) is 45.2 Å². The minimum absolute atomic E-state index is 0.111. The quantitative estimate of drug-likeness (QED) is 0.0292. The number of likely N-dealkylation sites (tertiary alicyclic amines) is 4. The van der Waals surface area contributed by atoms with Gasteiger partial charge in [0.1, 0.15) is 53.0 Å². The zero-order chi connectivity index (χ0) is 82.5. The van der Waals surface area contributed by atoms with Gasteiger partial charge in [-0.25, -0.2) is 44.1 Å². The monoisotopic (exact) mass is 1580 g/mol. The van der Waals surface area contributed by atoms with E-state index in [0.29, 0.717) is 60.6 Å². The highest BCUT2D eigenvalue weighted by Gasteiger charge is 2.43. The van der Waals surface area contributed by atoms with E-state index in [2.05, 4.69) is 99.4 Å². The molecule has 0 aliphatic carbocycles. The Morgan fingerprint density at radius 3 is 1.06 bits per heavy atom. The molecule has 8 amide bonds. The van der Waals surface area contributed by atoms with Crippen molar-refractivity contribution in [1.82, 2.24) is 90.3 Å². The first kappa shape index (κ1) is 81.7. The first-order valence-corrected chi connectivity index (χ1v) is 39.8. The predicted octanol–water partition coefficient (Wildman–Crippen LogP) is 13.4. The number of ether oxygens (including phenoxy) is 4. The number of nitrogens with zero attached hydrogens (tertiary/aromatic N) is 10. The van der Waals surface area contributed by atoms with Gasteiger partial charge in [-0.15, -0.1) is 0 Å². The van der Waals surface area contributed by atoms with Gasteiger partial charge < -0.3 is 88.7 Å². The fourth-order valence-electron chi connectivity index (χ4n) is 16.5. The van der Waals surface area contributed by atoms with Crippen molar-refractivity contribution in [3.8, 4) is 67.3 Å². The standard InChI is InChI=1S/C43H53N9O6.C42H51N9O7/c1-24(2)35(48-42(55)57-6)40(53)51-19-8-10-33(51)38-44-22-31(46-38)27-14-12-26(13-15-27)28-16-17-30(37-29(28)18-21-50(37)5)32-23-45-39(47-32)34-11-9-20-52(34)41(54)36(25(3)4)49-43(56)58-7;1-22(2)33(48-41(54)56-6)39(52)50-18-8-10-31(50)37-43-20-29(46-37)26-14-12-25(13-15-26)27-16-17-28(36-35(27)45-24(5)58-36)30-21-44-38(47-30)32-11-9-19-51(32)40(53)34(23(3)4)49-42(55)57-7/h12-18,21-25,33-36H,8-11,19-20H2,1-7H3,(H,44,46)(H,45,47)(H,48,55)(H,49,56);12-17,20-23,31-34H,8-11,18-19H2,1-7H3,(H,43,46)(H,44,47)(H,48,54)(H,49,55)/t33-,34-,35-,36-;31-,32-,33-,34-/m00/s1. The smallest absolute Gasteiger partial charge is 0.407 e. The Hall–Kier alpha value is -12.3. The number of oxazole rings is 1. The van der Waals surface area contributed by atoms with E-state index < -0.39 is 48.5 Å². The first-order chi connectivity index (χ1) is 55.8. The van der Waals surface area contributed by atoms with Crippen LogP contribution in [0.3, 0.4) is 0 Å². The molecule has 31 heteroatoms. The van der Waals surface area contributed by atoms with E-state index >= 15 is 0 Å². The summed E-state index contributed by atoms with van der Waals surface area (Å²) >= 11 is 0. The summed E-state index contributed by atoms with van der Waals surface area (Å²) < 4.78 is 27.4. The fraction of sp³-hybridized carbons (Fsp3) is 0.447. The van der Waals surface area contributed by atoms with Crippen molar-refractivity contribution in [2.75, 3.05) is 54.6 Å². The van der Waals surface area contributed by atoms with Crippen molar-refractivity contribution in [2.45, 2.75) is 162 Å². The number of amides is 8. The molecular weight excluding hydrogens is 1480 g/mol. The fourth-order valence-corrected chi connectivity index (χ4v) is 16.5. The highest BCUT2D eigenvalue weighted by molar-refractivity contribution is 6.04. The number of rotatable bonds is 22. The summed E-state index contributed by atoms with van der Waals surface area (Å²) in [6.07, 6.45) is 13.1. The van der Waals surface area contributed by atoms with Crippen LogP contribution in [-0.4, -0.2) is 196 Å². The van der Waals surface area contributed by atoms with Gasteiger partial charge in [0.25, 0.3) is 0 Å². The molecule has 4 aliphatic rings. The maximum Gasteiger partial charge on any atom is 0.407 e. The molecule has 4 saturated heterocycles. The number of H-pyrrole nitrogens is 4. The van der Waals surface area contributed by atoms with Gasteiger partial charge in [-0.05, 0) is 115 Å². The largest absolute Gasteiger partial charge is 0.453 e. The summed E-state index contributed by atoms with van der Waals surface area (Å²) in [7, 11) is 7.18. The molecule has 10 heterocycles. The summed E-state index contributed by atoms with van der Waals surface area (Å²) in [5.74, 6) is 2.22. The van der Waals surface area contributed by atoms with Crippen molar-refractivity contribution in [1.29, 1.82) is 0 Å². The number of carbonyl (C=O) groups excluding carboxylic acids is 8. The highest BCUT2D eigenvalue weighted by Crippen LogP contribution is 2.43. The number of alkyl carbamates (subject to hydrolysis) is 4. The van der Waals surface area contributed by atoms with E-state index in [4.69, 9.17) is 43.3 Å². The van der Waals surface area contributed by atoms with Gasteiger partial charge in [-0.2, -0.15) is 0 Å². The maximum absolute atomic E-state index is 13.7. The Morgan fingerprint density at radius 1 is 0.405 bits per heavy atom. The number of aromatic amines is 4. The van der Waals surface area contributed by atoms with Crippen LogP contribution in [0.15, 0.2) is 114 Å². The maximum atomic E-state index is 13.7. The molecule has 31 nitrogen and oxygen atoms in total. The number of hydrogen-bond donors (Lipinski definition) is 8. The Kier molecular flexibility index (Phi) is 24.8. The second kappa shape index (κ2) is 35.2. The molecule has 0 bridgehead atoms. The third-order valence-corrected chi connectivity index (χ3v) is 22.6. The predicted molar refractivity (Wildman–Crippen MR) is 434 cm³/mol. The molecule has 4 aromatic carbocycles. The van der Waals surface area contributed by atoms with E-state index in [0.717, 1.165) is 135 Å². The molecule has 0 radical (unpaired) electrons. The normalized spacial score (nSPS) is 17.9. The molecule has 14 rings (SSSR count). The molecule has 8 atom stereocenters. The molecule has 10 aromatic rings. The lowest BCUT2D eigenvalue weighted by molar-refractivity contribution is -0.136. The van der Waals surface area contributed by atoms with Crippen LogP contribution in [0.1, 0.15) is 160 Å². The highest BCUT2D eigenvalue weighted by atomic mass is 16.6. The van der Waals surface area contributed by atoms with Gasteiger partial charge in [-0.1, -0.05) is 122 Å². The summed E-state index contributed by atoms with van der Waals surface area (Å²) in [5.41, 5.74) is 13.3. The number of carbonyl (C=O) groups is 8. The minimum atomic E-state index is -0.722. The van der Waals surface area contributed by atoms with Crippen LogP contribution in [0.4, 0.5) is 19.2 Å². The average Bonchev–Trinajstić information content (AvgIpc) is 1.58. The lowest BCUT2D eigenvalue weighted by Gasteiger charge is -2.30. The number of imidazole rings is 4. The average molecular weight is 1590 g/mol. The van der Waals surface area contributed by atoms with E-state index in [1.165, 1.54) is 28.4 Å². The van der Waals surface area contributed by atoms with Crippen LogP contribution in [0.5, 0.6) is 0 Å². The van der Waals surface area contributed by atoms with Gasteiger partial charge in [-0.3, -0.25) is 19.2 Å². The second-order valence-electron chi connectivity index (χ2n) is 31.5. The molecule has 4 fully saturated rings. The summed E-state index contributed by atoms with van der Waals surface area (Å²) in [6.45, 7) is 19.3. The third-order valence-electron chi connectivity index (χ3n) is 22.6. The topological polar surface area (TPSA) is 380 Å². The summed E-state index contributed by atoms with van der Waals surface area (Å²) in [4.78, 5) is 147. The zero-order valence-electron chi connectivity index (χ0n) is 68.1. The van der Waals surface area contributed by atoms with Crippen molar-refractivity contribution in [3.63, 3.8) is 0 Å². The van der Waals surface area contributed by atoms with Gasteiger partial charge in [0.15, 0.2) is 11.5 Å². The number of methoxy groups -OCH3 is 4. The molecule has 0 unspecified atom stereocenters. The zero-order valence-corrected chi connectivity index (χ0v) is 68.1. The minimum Gasteiger partial charge on any atom is -0.453 e. The molecule has 6 aromatic heterocycles. The second-order valence-corrected chi connectivity index (χ2v) is 31.5.